The first-order valence-electron chi connectivity index (χ1n) is 9.26. The summed E-state index contributed by atoms with van der Waals surface area (Å²) in [5.74, 6) is -0.470. The summed E-state index contributed by atoms with van der Waals surface area (Å²) in [7, 11) is 0. The fourth-order valence-corrected chi connectivity index (χ4v) is 3.38. The Balaban J connectivity index is 1.77. The SMILES string of the molecule is CCN(CC)C(=O)c1cccc(NC(=O)Cn2cnc3ccc(Br)cc3c2=O)c1. The van der Waals surface area contributed by atoms with E-state index in [1.54, 1.807) is 47.4 Å². The van der Waals surface area contributed by atoms with Gasteiger partial charge < -0.3 is 10.2 Å². The van der Waals surface area contributed by atoms with Gasteiger partial charge in [0.2, 0.25) is 5.91 Å². The monoisotopic (exact) mass is 456 g/mol. The third-order valence-corrected chi connectivity index (χ3v) is 5.04. The Hall–Kier alpha value is -3.00. The van der Waals surface area contributed by atoms with Crippen LogP contribution < -0.4 is 10.9 Å². The van der Waals surface area contributed by atoms with Gasteiger partial charge >= 0.3 is 0 Å². The predicted molar refractivity (Wildman–Crippen MR) is 116 cm³/mol. The molecule has 3 aromatic rings. The van der Waals surface area contributed by atoms with Crippen LogP contribution in [0.2, 0.25) is 0 Å². The Labute approximate surface area is 176 Å². The van der Waals surface area contributed by atoms with Gasteiger partial charge in [0.1, 0.15) is 6.54 Å². The molecule has 1 N–H and O–H groups in total. The zero-order chi connectivity index (χ0) is 21.0. The van der Waals surface area contributed by atoms with E-state index in [0.29, 0.717) is 35.2 Å². The number of benzene rings is 2. The van der Waals surface area contributed by atoms with Crippen LogP contribution in [0, 0.1) is 0 Å². The molecule has 0 saturated carbocycles. The Morgan fingerprint density at radius 1 is 1.14 bits per heavy atom. The molecule has 0 aliphatic rings. The third kappa shape index (κ3) is 4.71. The van der Waals surface area contributed by atoms with Crippen molar-refractivity contribution in [1.82, 2.24) is 14.5 Å². The quantitative estimate of drug-likeness (QED) is 0.616. The van der Waals surface area contributed by atoms with Gasteiger partial charge in [-0.1, -0.05) is 22.0 Å². The molecule has 0 aliphatic carbocycles. The highest BCUT2D eigenvalue weighted by molar-refractivity contribution is 9.10. The predicted octanol–water partition coefficient (Wildman–Crippen LogP) is 3.28. The Morgan fingerprint density at radius 3 is 2.62 bits per heavy atom. The van der Waals surface area contributed by atoms with E-state index >= 15 is 0 Å². The minimum absolute atomic E-state index is 0.0911. The van der Waals surface area contributed by atoms with Crippen LogP contribution in [0.5, 0.6) is 0 Å². The number of rotatable bonds is 6. The summed E-state index contributed by atoms with van der Waals surface area (Å²) in [6, 6.07) is 12.0. The summed E-state index contributed by atoms with van der Waals surface area (Å²) >= 11 is 3.34. The lowest BCUT2D eigenvalue weighted by Gasteiger charge is -2.19. The topological polar surface area (TPSA) is 84.3 Å². The molecule has 0 fully saturated rings. The molecule has 0 spiro atoms. The fraction of sp³-hybridized carbons (Fsp3) is 0.238. The summed E-state index contributed by atoms with van der Waals surface area (Å²) in [5.41, 5.74) is 1.27. The van der Waals surface area contributed by atoms with Gasteiger partial charge in [0.25, 0.3) is 11.5 Å². The van der Waals surface area contributed by atoms with Crippen LogP contribution in [-0.2, 0) is 11.3 Å². The highest BCUT2D eigenvalue weighted by Gasteiger charge is 2.14. The molecule has 2 aromatic carbocycles. The average Bonchev–Trinajstić information content (AvgIpc) is 2.71. The number of amides is 2. The highest BCUT2D eigenvalue weighted by atomic mass is 79.9. The number of nitrogens with zero attached hydrogens (tertiary/aromatic N) is 3. The van der Waals surface area contributed by atoms with Crippen LogP contribution in [0.3, 0.4) is 0 Å². The normalized spacial score (nSPS) is 10.7. The summed E-state index contributed by atoms with van der Waals surface area (Å²) in [5, 5.41) is 3.17. The molecule has 0 saturated heterocycles. The summed E-state index contributed by atoms with van der Waals surface area (Å²) in [4.78, 5) is 43.5. The van der Waals surface area contributed by atoms with E-state index in [0.717, 1.165) is 4.47 Å². The maximum absolute atomic E-state index is 12.6. The molecule has 8 heteroatoms. The molecule has 2 amide bonds. The van der Waals surface area contributed by atoms with Crippen LogP contribution in [0.25, 0.3) is 10.9 Å². The fourth-order valence-electron chi connectivity index (χ4n) is 3.02. The molecule has 3 rings (SSSR count). The lowest BCUT2D eigenvalue weighted by atomic mass is 10.1. The van der Waals surface area contributed by atoms with E-state index in [2.05, 4.69) is 26.2 Å². The lowest BCUT2D eigenvalue weighted by molar-refractivity contribution is -0.116. The van der Waals surface area contributed by atoms with Crippen LogP contribution >= 0.6 is 15.9 Å². The number of nitrogens with one attached hydrogen (secondary N) is 1. The molecular weight excluding hydrogens is 436 g/mol. The van der Waals surface area contributed by atoms with E-state index in [4.69, 9.17) is 0 Å². The van der Waals surface area contributed by atoms with Gasteiger partial charge in [0.15, 0.2) is 0 Å². The van der Waals surface area contributed by atoms with Crippen LogP contribution in [0.1, 0.15) is 24.2 Å². The van der Waals surface area contributed by atoms with Crippen molar-refractivity contribution in [2.75, 3.05) is 18.4 Å². The Kier molecular flexibility index (Phi) is 6.43. The molecule has 0 atom stereocenters. The molecule has 150 valence electrons. The summed E-state index contributed by atoms with van der Waals surface area (Å²) < 4.78 is 2.02. The second-order valence-electron chi connectivity index (χ2n) is 6.45. The first-order chi connectivity index (χ1) is 13.9. The van der Waals surface area contributed by atoms with Gasteiger partial charge in [-0.2, -0.15) is 0 Å². The molecule has 1 heterocycles. The zero-order valence-corrected chi connectivity index (χ0v) is 17.8. The van der Waals surface area contributed by atoms with Crippen molar-refractivity contribution in [3.63, 3.8) is 0 Å². The smallest absolute Gasteiger partial charge is 0.261 e. The van der Waals surface area contributed by atoms with E-state index < -0.39 is 0 Å². The highest BCUT2D eigenvalue weighted by Crippen LogP contribution is 2.15. The summed E-state index contributed by atoms with van der Waals surface area (Å²) in [6.45, 7) is 4.88. The maximum Gasteiger partial charge on any atom is 0.261 e. The first kappa shape index (κ1) is 20.7. The van der Waals surface area contributed by atoms with Crippen molar-refractivity contribution < 1.29 is 9.59 Å². The lowest BCUT2D eigenvalue weighted by Crippen LogP contribution is -2.30. The van der Waals surface area contributed by atoms with Crippen LogP contribution in [0.15, 0.2) is 58.1 Å². The molecule has 0 bridgehead atoms. The molecule has 7 nitrogen and oxygen atoms in total. The van der Waals surface area contributed by atoms with Crippen molar-refractivity contribution in [1.29, 1.82) is 0 Å². The molecule has 1 aromatic heterocycles. The van der Waals surface area contributed by atoms with Gasteiger partial charge in [0.05, 0.1) is 17.2 Å². The van der Waals surface area contributed by atoms with Crippen molar-refractivity contribution in [3.05, 3.63) is 69.2 Å². The number of hydrogen-bond acceptors (Lipinski definition) is 4. The second kappa shape index (κ2) is 9.00. The number of carbonyl (C=O) groups is 2. The average molecular weight is 457 g/mol. The van der Waals surface area contributed by atoms with Crippen molar-refractivity contribution in [2.45, 2.75) is 20.4 Å². The minimum Gasteiger partial charge on any atom is -0.339 e. The van der Waals surface area contributed by atoms with E-state index in [1.165, 1.54) is 10.9 Å². The van der Waals surface area contributed by atoms with Crippen LogP contribution in [0.4, 0.5) is 5.69 Å². The van der Waals surface area contributed by atoms with Gasteiger partial charge in [-0.05, 0) is 50.2 Å². The van der Waals surface area contributed by atoms with E-state index in [-0.39, 0.29) is 23.9 Å². The number of fused-ring (bicyclic) bond motifs is 1. The van der Waals surface area contributed by atoms with Crippen molar-refractivity contribution in [2.24, 2.45) is 0 Å². The van der Waals surface area contributed by atoms with Gasteiger partial charge in [0, 0.05) is 28.8 Å². The second-order valence-corrected chi connectivity index (χ2v) is 7.36. The van der Waals surface area contributed by atoms with Gasteiger partial charge in [-0.25, -0.2) is 4.98 Å². The van der Waals surface area contributed by atoms with Crippen molar-refractivity contribution in [3.8, 4) is 0 Å². The Morgan fingerprint density at radius 2 is 1.90 bits per heavy atom. The maximum atomic E-state index is 12.6. The largest absolute Gasteiger partial charge is 0.339 e. The van der Waals surface area contributed by atoms with Crippen LogP contribution in [-0.4, -0.2) is 39.4 Å². The number of anilines is 1. The zero-order valence-electron chi connectivity index (χ0n) is 16.2. The third-order valence-electron chi connectivity index (χ3n) is 4.54. The first-order valence-corrected chi connectivity index (χ1v) is 10.1. The number of hydrogen-bond donors (Lipinski definition) is 1. The van der Waals surface area contributed by atoms with Gasteiger partial charge in [-0.3, -0.25) is 19.0 Å². The number of halogens is 1. The van der Waals surface area contributed by atoms with Crippen molar-refractivity contribution >= 4 is 44.3 Å². The minimum atomic E-state index is -0.379. The van der Waals surface area contributed by atoms with Gasteiger partial charge in [-0.15, -0.1) is 0 Å². The standard InChI is InChI=1S/C21H21BrN4O3/c1-3-25(4-2)20(28)14-6-5-7-16(10-14)24-19(27)12-26-13-23-18-9-8-15(22)11-17(18)21(26)29/h5-11,13H,3-4,12H2,1-2H3,(H,24,27). The molecular formula is C21H21BrN4O3. The molecule has 0 aliphatic heterocycles. The molecule has 29 heavy (non-hydrogen) atoms. The summed E-state index contributed by atoms with van der Waals surface area (Å²) in [6.07, 6.45) is 1.36. The molecule has 0 unspecified atom stereocenters. The number of aromatic nitrogens is 2. The van der Waals surface area contributed by atoms with E-state index in [1.807, 2.05) is 13.8 Å². The molecule has 0 radical (unpaired) electrons. The van der Waals surface area contributed by atoms with E-state index in [9.17, 15) is 14.4 Å². The number of carbonyl (C=O) groups excluding carboxylic acids is 2. The Bertz CT molecular complexity index is 1120.